The van der Waals surface area contributed by atoms with Crippen LogP contribution in [-0.2, 0) is 4.74 Å². The van der Waals surface area contributed by atoms with Gasteiger partial charge in [0.15, 0.2) is 0 Å². The standard InChI is InChI=1S/C10H17NO/c1-4-10(5-1)11-6-9(7-12-10)8-2-3-8/h8-9,11H,1-7H2. The summed E-state index contributed by atoms with van der Waals surface area (Å²) >= 11 is 0. The van der Waals surface area contributed by atoms with Crippen LogP contribution >= 0.6 is 0 Å². The second-order valence-electron chi connectivity index (χ2n) is 4.64. The van der Waals surface area contributed by atoms with Gasteiger partial charge in [0.2, 0.25) is 0 Å². The van der Waals surface area contributed by atoms with Crippen LogP contribution in [0.5, 0.6) is 0 Å². The summed E-state index contributed by atoms with van der Waals surface area (Å²) in [6.45, 7) is 2.24. The molecular formula is C10H17NO. The summed E-state index contributed by atoms with van der Waals surface area (Å²) < 4.78 is 5.90. The maximum Gasteiger partial charge on any atom is 0.119 e. The van der Waals surface area contributed by atoms with Crippen molar-refractivity contribution in [3.05, 3.63) is 0 Å². The van der Waals surface area contributed by atoms with Crippen LogP contribution in [0.15, 0.2) is 0 Å². The van der Waals surface area contributed by atoms with Crippen molar-refractivity contribution in [2.75, 3.05) is 13.2 Å². The summed E-state index contributed by atoms with van der Waals surface area (Å²) in [5.41, 5.74) is 0.144. The van der Waals surface area contributed by atoms with Gasteiger partial charge in [0.05, 0.1) is 6.61 Å². The van der Waals surface area contributed by atoms with E-state index in [0.717, 1.165) is 18.4 Å². The first kappa shape index (κ1) is 7.34. The lowest BCUT2D eigenvalue weighted by molar-refractivity contribution is -0.162. The fourth-order valence-corrected chi connectivity index (χ4v) is 2.38. The molecule has 1 spiro atoms. The van der Waals surface area contributed by atoms with Gasteiger partial charge >= 0.3 is 0 Å². The number of rotatable bonds is 1. The molecule has 1 N–H and O–H groups in total. The summed E-state index contributed by atoms with van der Waals surface area (Å²) in [7, 11) is 0. The number of ether oxygens (including phenoxy) is 1. The highest BCUT2D eigenvalue weighted by molar-refractivity contribution is 4.94. The predicted octanol–water partition coefficient (Wildman–Crippen LogP) is 1.51. The fourth-order valence-electron chi connectivity index (χ4n) is 2.38. The van der Waals surface area contributed by atoms with Crippen LogP contribution in [0.3, 0.4) is 0 Å². The highest BCUT2D eigenvalue weighted by Gasteiger charge is 2.44. The Balaban J connectivity index is 1.57. The van der Waals surface area contributed by atoms with Gasteiger partial charge in [0, 0.05) is 6.54 Å². The molecule has 2 nitrogen and oxygen atoms in total. The molecule has 12 heavy (non-hydrogen) atoms. The van der Waals surface area contributed by atoms with Crippen LogP contribution in [-0.4, -0.2) is 18.9 Å². The minimum atomic E-state index is 0.144. The van der Waals surface area contributed by atoms with Gasteiger partial charge < -0.3 is 4.74 Å². The van der Waals surface area contributed by atoms with Gasteiger partial charge in [-0.3, -0.25) is 5.32 Å². The minimum Gasteiger partial charge on any atom is -0.360 e. The number of hydrogen-bond acceptors (Lipinski definition) is 2. The smallest absolute Gasteiger partial charge is 0.119 e. The van der Waals surface area contributed by atoms with E-state index < -0.39 is 0 Å². The van der Waals surface area contributed by atoms with Crippen LogP contribution < -0.4 is 5.32 Å². The molecule has 1 heterocycles. The zero-order chi connectivity index (χ0) is 8.02. The van der Waals surface area contributed by atoms with E-state index in [9.17, 15) is 0 Å². The van der Waals surface area contributed by atoms with Crippen LogP contribution in [0.4, 0.5) is 0 Å². The maximum absolute atomic E-state index is 5.90. The molecule has 1 aliphatic heterocycles. The molecule has 3 fully saturated rings. The van der Waals surface area contributed by atoms with Crippen molar-refractivity contribution in [3.63, 3.8) is 0 Å². The Morgan fingerprint density at radius 3 is 2.42 bits per heavy atom. The highest BCUT2D eigenvalue weighted by Crippen LogP contribution is 2.42. The van der Waals surface area contributed by atoms with Crippen molar-refractivity contribution in [1.82, 2.24) is 5.32 Å². The first-order valence-electron chi connectivity index (χ1n) is 5.27. The van der Waals surface area contributed by atoms with Crippen molar-refractivity contribution >= 4 is 0 Å². The lowest BCUT2D eigenvalue weighted by atomic mass is 9.85. The molecule has 0 bridgehead atoms. The van der Waals surface area contributed by atoms with Crippen LogP contribution in [0.2, 0.25) is 0 Å². The van der Waals surface area contributed by atoms with Crippen molar-refractivity contribution in [2.24, 2.45) is 11.8 Å². The van der Waals surface area contributed by atoms with Gasteiger partial charge in [-0.15, -0.1) is 0 Å². The van der Waals surface area contributed by atoms with Gasteiger partial charge in [0.1, 0.15) is 5.72 Å². The molecule has 2 aliphatic carbocycles. The Morgan fingerprint density at radius 2 is 2.00 bits per heavy atom. The third-order valence-corrected chi connectivity index (χ3v) is 3.71. The lowest BCUT2D eigenvalue weighted by Crippen LogP contribution is -2.59. The molecule has 2 saturated carbocycles. The summed E-state index contributed by atoms with van der Waals surface area (Å²) in [6, 6.07) is 0. The van der Waals surface area contributed by atoms with Crippen molar-refractivity contribution in [3.8, 4) is 0 Å². The molecule has 1 atom stereocenters. The highest BCUT2D eigenvalue weighted by atomic mass is 16.5. The molecular weight excluding hydrogens is 150 g/mol. The van der Waals surface area contributed by atoms with Gasteiger partial charge in [-0.1, -0.05) is 0 Å². The average molecular weight is 167 g/mol. The molecule has 0 aromatic heterocycles. The molecule has 68 valence electrons. The van der Waals surface area contributed by atoms with Crippen LogP contribution in [0.25, 0.3) is 0 Å². The van der Waals surface area contributed by atoms with E-state index in [-0.39, 0.29) is 5.72 Å². The van der Waals surface area contributed by atoms with Gasteiger partial charge in [-0.05, 0) is 43.9 Å². The van der Waals surface area contributed by atoms with Crippen molar-refractivity contribution in [2.45, 2.75) is 37.8 Å². The van der Waals surface area contributed by atoms with E-state index in [1.54, 1.807) is 0 Å². The fraction of sp³-hybridized carbons (Fsp3) is 1.00. The molecule has 3 rings (SSSR count). The SMILES string of the molecule is C1CC2(C1)NCC(C1CC1)CO2. The largest absolute Gasteiger partial charge is 0.360 e. The van der Waals surface area contributed by atoms with Gasteiger partial charge in [-0.2, -0.15) is 0 Å². The molecule has 1 unspecified atom stereocenters. The first-order chi connectivity index (χ1) is 5.88. The van der Waals surface area contributed by atoms with Crippen LogP contribution in [0.1, 0.15) is 32.1 Å². The summed E-state index contributed by atoms with van der Waals surface area (Å²) in [4.78, 5) is 0. The Hall–Kier alpha value is -0.0800. The second kappa shape index (κ2) is 2.46. The van der Waals surface area contributed by atoms with Gasteiger partial charge in [0.25, 0.3) is 0 Å². The van der Waals surface area contributed by atoms with E-state index in [4.69, 9.17) is 4.74 Å². The molecule has 0 aromatic rings. The maximum atomic E-state index is 5.90. The molecule has 3 aliphatic rings. The molecule has 0 aromatic carbocycles. The van der Waals surface area contributed by atoms with E-state index >= 15 is 0 Å². The second-order valence-corrected chi connectivity index (χ2v) is 4.64. The Morgan fingerprint density at radius 1 is 1.17 bits per heavy atom. The van der Waals surface area contributed by atoms with Crippen molar-refractivity contribution < 1.29 is 4.74 Å². The topological polar surface area (TPSA) is 21.3 Å². The Bertz CT molecular complexity index is 174. The molecule has 0 amide bonds. The lowest BCUT2D eigenvalue weighted by Gasteiger charge is -2.47. The zero-order valence-corrected chi connectivity index (χ0v) is 7.51. The predicted molar refractivity (Wildman–Crippen MR) is 46.8 cm³/mol. The summed E-state index contributed by atoms with van der Waals surface area (Å²) in [6.07, 6.45) is 6.72. The number of nitrogens with one attached hydrogen (secondary N) is 1. The number of hydrogen-bond donors (Lipinski definition) is 1. The molecule has 0 radical (unpaired) electrons. The minimum absolute atomic E-state index is 0.144. The van der Waals surface area contributed by atoms with Crippen LogP contribution in [0, 0.1) is 11.8 Å². The summed E-state index contributed by atoms with van der Waals surface area (Å²) in [5, 5.41) is 3.58. The Kier molecular flexibility index (Phi) is 1.50. The first-order valence-corrected chi connectivity index (χ1v) is 5.27. The van der Waals surface area contributed by atoms with Crippen molar-refractivity contribution in [1.29, 1.82) is 0 Å². The summed E-state index contributed by atoms with van der Waals surface area (Å²) in [5.74, 6) is 1.83. The Labute approximate surface area is 73.7 Å². The van der Waals surface area contributed by atoms with Gasteiger partial charge in [-0.25, -0.2) is 0 Å². The monoisotopic (exact) mass is 167 g/mol. The van der Waals surface area contributed by atoms with E-state index in [1.165, 1.54) is 38.6 Å². The zero-order valence-electron chi connectivity index (χ0n) is 7.51. The normalized spacial score (nSPS) is 39.5. The molecule has 1 saturated heterocycles. The third-order valence-electron chi connectivity index (χ3n) is 3.71. The molecule has 2 heteroatoms. The quantitative estimate of drug-likeness (QED) is 0.639. The van der Waals surface area contributed by atoms with E-state index in [0.29, 0.717) is 0 Å². The average Bonchev–Trinajstić information content (AvgIpc) is 2.84. The van der Waals surface area contributed by atoms with E-state index in [1.807, 2.05) is 0 Å². The third kappa shape index (κ3) is 1.09. The van der Waals surface area contributed by atoms with E-state index in [2.05, 4.69) is 5.32 Å².